The number of nitrogens with two attached hydrogens (primary N) is 1. The normalized spacial score (nSPS) is 11.6. The average molecular weight is 298 g/mol. The van der Waals surface area contributed by atoms with Crippen LogP contribution < -0.4 is 10.5 Å². The number of aromatic hydroxyl groups is 1. The van der Waals surface area contributed by atoms with Crippen LogP contribution in [0.15, 0.2) is 33.9 Å². The third-order valence-corrected chi connectivity index (χ3v) is 5.03. The molecule has 0 aliphatic heterocycles. The quantitative estimate of drug-likeness (QED) is 0.593. The van der Waals surface area contributed by atoms with E-state index in [0.29, 0.717) is 0 Å². The predicted molar refractivity (Wildman–Crippen MR) is 75.6 cm³/mol. The molecule has 0 amide bonds. The van der Waals surface area contributed by atoms with Crippen molar-refractivity contribution in [1.82, 2.24) is 4.72 Å². The number of hydrogen-bond donors (Lipinski definition) is 3. The van der Waals surface area contributed by atoms with Gasteiger partial charge in [0.25, 0.3) is 0 Å². The van der Waals surface area contributed by atoms with Crippen molar-refractivity contribution in [1.29, 1.82) is 0 Å². The van der Waals surface area contributed by atoms with Crippen LogP contribution in [0.25, 0.3) is 0 Å². The molecule has 0 aliphatic rings. The highest BCUT2D eigenvalue weighted by Gasteiger charge is 2.15. The van der Waals surface area contributed by atoms with Crippen molar-refractivity contribution in [2.75, 3.05) is 5.73 Å². The summed E-state index contributed by atoms with van der Waals surface area (Å²) in [5, 5.41) is 13.2. The van der Waals surface area contributed by atoms with Gasteiger partial charge in [-0.2, -0.15) is 11.3 Å². The Labute approximate surface area is 115 Å². The van der Waals surface area contributed by atoms with Crippen LogP contribution in [0.2, 0.25) is 0 Å². The maximum Gasteiger partial charge on any atom is 0.240 e. The summed E-state index contributed by atoms with van der Waals surface area (Å²) in [5.41, 5.74) is 7.53. The lowest BCUT2D eigenvalue weighted by atomic mass is 10.2. The lowest BCUT2D eigenvalue weighted by molar-refractivity contribution is 0.477. The first-order valence-corrected chi connectivity index (χ1v) is 7.92. The van der Waals surface area contributed by atoms with E-state index < -0.39 is 10.0 Å². The van der Waals surface area contributed by atoms with Gasteiger partial charge in [0.15, 0.2) is 0 Å². The van der Waals surface area contributed by atoms with E-state index >= 15 is 0 Å². The first-order valence-electron chi connectivity index (χ1n) is 5.50. The van der Waals surface area contributed by atoms with E-state index in [9.17, 15) is 13.5 Å². The van der Waals surface area contributed by atoms with Gasteiger partial charge in [-0.15, -0.1) is 0 Å². The highest BCUT2D eigenvalue weighted by atomic mass is 32.2. The maximum absolute atomic E-state index is 12.1. The van der Waals surface area contributed by atoms with Crippen molar-refractivity contribution in [2.45, 2.75) is 18.4 Å². The van der Waals surface area contributed by atoms with E-state index in [0.717, 1.165) is 11.1 Å². The van der Waals surface area contributed by atoms with Gasteiger partial charge >= 0.3 is 0 Å². The lowest BCUT2D eigenvalue weighted by Gasteiger charge is -2.08. The second-order valence-corrected chi connectivity index (χ2v) is 6.64. The fraction of sp³-hybridized carbons (Fsp3) is 0.167. The van der Waals surface area contributed by atoms with Crippen molar-refractivity contribution in [3.8, 4) is 5.75 Å². The summed E-state index contributed by atoms with van der Waals surface area (Å²) >= 11 is 1.53. The molecule has 2 rings (SSSR count). The third-order valence-electron chi connectivity index (χ3n) is 2.72. The zero-order valence-corrected chi connectivity index (χ0v) is 11.9. The van der Waals surface area contributed by atoms with Crippen molar-refractivity contribution in [2.24, 2.45) is 0 Å². The van der Waals surface area contributed by atoms with Gasteiger partial charge in [0.1, 0.15) is 5.75 Å². The Bertz CT molecular complexity index is 693. The first kappa shape index (κ1) is 13.9. The molecule has 4 N–H and O–H groups in total. The van der Waals surface area contributed by atoms with Gasteiger partial charge in [0, 0.05) is 6.54 Å². The number of aryl methyl sites for hydroxylation is 1. The van der Waals surface area contributed by atoms with E-state index in [4.69, 9.17) is 5.73 Å². The minimum Gasteiger partial charge on any atom is -0.506 e. The Morgan fingerprint density at radius 3 is 2.68 bits per heavy atom. The number of hydrogen-bond acceptors (Lipinski definition) is 5. The fourth-order valence-electron chi connectivity index (χ4n) is 1.52. The summed E-state index contributed by atoms with van der Waals surface area (Å²) in [6.45, 7) is 2.16. The lowest BCUT2D eigenvalue weighted by Crippen LogP contribution is -2.23. The summed E-state index contributed by atoms with van der Waals surface area (Å²) in [7, 11) is -3.63. The van der Waals surface area contributed by atoms with Gasteiger partial charge in [-0.05, 0) is 47.0 Å². The maximum atomic E-state index is 12.1. The number of rotatable bonds is 4. The minimum atomic E-state index is -3.63. The number of nitrogens with one attached hydrogen (secondary N) is 1. The van der Waals surface area contributed by atoms with Crippen LogP contribution in [0, 0.1) is 6.92 Å². The number of sulfonamides is 1. The largest absolute Gasteiger partial charge is 0.506 e. The Morgan fingerprint density at radius 2 is 2.11 bits per heavy atom. The molecule has 0 fully saturated rings. The van der Waals surface area contributed by atoms with Crippen LogP contribution in [0.5, 0.6) is 5.75 Å². The number of benzene rings is 1. The third kappa shape index (κ3) is 3.06. The SMILES string of the molecule is Cc1cscc1CNS(=O)(=O)c1ccc(O)c(N)c1. The van der Waals surface area contributed by atoms with Crippen LogP contribution in [-0.4, -0.2) is 13.5 Å². The Balaban J connectivity index is 2.18. The van der Waals surface area contributed by atoms with Crippen LogP contribution in [0.1, 0.15) is 11.1 Å². The molecule has 102 valence electrons. The predicted octanol–water partition coefficient (Wildman–Crippen LogP) is 1.82. The minimum absolute atomic E-state index is 0.0367. The Morgan fingerprint density at radius 1 is 1.37 bits per heavy atom. The number of phenols is 1. The highest BCUT2D eigenvalue weighted by molar-refractivity contribution is 7.89. The summed E-state index contributed by atoms with van der Waals surface area (Å²) < 4.78 is 26.6. The number of phenolic OH excluding ortho intramolecular Hbond substituents is 1. The standard InChI is InChI=1S/C12H14N2O3S2/c1-8-6-18-7-9(8)5-14-19(16,17)10-2-3-12(15)11(13)4-10/h2-4,6-7,14-15H,5,13H2,1H3. The van der Waals surface area contributed by atoms with Crippen molar-refractivity contribution >= 4 is 27.0 Å². The van der Waals surface area contributed by atoms with Crippen LogP contribution in [0.3, 0.4) is 0 Å². The molecule has 0 unspecified atom stereocenters. The molecule has 0 spiro atoms. The van der Waals surface area contributed by atoms with E-state index in [-0.39, 0.29) is 22.9 Å². The molecule has 0 bridgehead atoms. The van der Waals surface area contributed by atoms with Gasteiger partial charge < -0.3 is 10.8 Å². The van der Waals surface area contributed by atoms with Gasteiger partial charge in [0.05, 0.1) is 10.6 Å². The Hall–Kier alpha value is -1.57. The smallest absolute Gasteiger partial charge is 0.240 e. The average Bonchev–Trinajstić information content (AvgIpc) is 2.76. The molecular formula is C12H14N2O3S2. The number of thiophene rings is 1. The molecule has 0 saturated carbocycles. The summed E-state index contributed by atoms with van der Waals surface area (Å²) in [6.07, 6.45) is 0. The molecule has 7 heteroatoms. The second kappa shape index (κ2) is 5.20. The van der Waals surface area contributed by atoms with Crippen molar-refractivity contribution < 1.29 is 13.5 Å². The van der Waals surface area contributed by atoms with Crippen molar-refractivity contribution in [3.05, 3.63) is 40.1 Å². The number of nitrogen functional groups attached to an aromatic ring is 1. The molecule has 0 atom stereocenters. The molecule has 1 heterocycles. The van der Waals surface area contributed by atoms with E-state index in [1.807, 2.05) is 17.7 Å². The zero-order chi connectivity index (χ0) is 14.0. The molecule has 0 radical (unpaired) electrons. The van der Waals surface area contributed by atoms with E-state index in [2.05, 4.69) is 4.72 Å². The molecule has 1 aromatic carbocycles. The van der Waals surface area contributed by atoms with E-state index in [1.54, 1.807) is 0 Å². The van der Waals surface area contributed by atoms with Gasteiger partial charge in [0.2, 0.25) is 10.0 Å². The topological polar surface area (TPSA) is 92.4 Å². The molecule has 2 aromatic rings. The van der Waals surface area contributed by atoms with Crippen LogP contribution >= 0.6 is 11.3 Å². The monoisotopic (exact) mass is 298 g/mol. The number of anilines is 1. The Kier molecular flexibility index (Phi) is 3.79. The first-order chi connectivity index (χ1) is 8.90. The zero-order valence-electron chi connectivity index (χ0n) is 10.3. The molecular weight excluding hydrogens is 284 g/mol. The fourth-order valence-corrected chi connectivity index (χ4v) is 3.42. The molecule has 0 saturated heterocycles. The molecule has 1 aromatic heterocycles. The van der Waals surface area contributed by atoms with Gasteiger partial charge in [-0.1, -0.05) is 0 Å². The van der Waals surface area contributed by atoms with Crippen molar-refractivity contribution in [3.63, 3.8) is 0 Å². The van der Waals surface area contributed by atoms with Crippen LogP contribution in [0.4, 0.5) is 5.69 Å². The summed E-state index contributed by atoms with van der Waals surface area (Å²) in [4.78, 5) is 0.0377. The summed E-state index contributed by atoms with van der Waals surface area (Å²) in [5.74, 6) is -0.132. The van der Waals surface area contributed by atoms with E-state index in [1.165, 1.54) is 29.5 Å². The van der Waals surface area contributed by atoms with Gasteiger partial charge in [-0.3, -0.25) is 0 Å². The highest BCUT2D eigenvalue weighted by Crippen LogP contribution is 2.23. The van der Waals surface area contributed by atoms with Crippen LogP contribution in [-0.2, 0) is 16.6 Å². The molecule has 19 heavy (non-hydrogen) atoms. The second-order valence-electron chi connectivity index (χ2n) is 4.13. The summed E-state index contributed by atoms with van der Waals surface area (Å²) in [6, 6.07) is 3.81. The van der Waals surface area contributed by atoms with Gasteiger partial charge in [-0.25, -0.2) is 13.1 Å². The molecule has 0 aliphatic carbocycles. The molecule has 5 nitrogen and oxygen atoms in total.